The molecule has 0 aliphatic carbocycles. The van der Waals surface area contributed by atoms with Crippen LogP contribution in [0.3, 0.4) is 0 Å². The van der Waals surface area contributed by atoms with Crippen molar-refractivity contribution in [1.82, 2.24) is 0 Å². The van der Waals surface area contributed by atoms with Gasteiger partial charge < -0.3 is 19.0 Å². The van der Waals surface area contributed by atoms with Crippen molar-refractivity contribution < 1.29 is 22.1 Å². The maximum atomic E-state index is 12.7. The van der Waals surface area contributed by atoms with E-state index in [4.69, 9.17) is 13.7 Å². The molecular weight excluding hydrogens is 482 g/mol. The predicted molar refractivity (Wildman–Crippen MR) is 125 cm³/mol. The molecule has 1 N–H and O–H groups in total. The molecule has 0 saturated carbocycles. The lowest BCUT2D eigenvalue weighted by molar-refractivity contribution is 0.326. The number of rotatable bonds is 9. The zero-order valence-electron chi connectivity index (χ0n) is 17.5. The molecule has 0 spiro atoms. The monoisotopic (exact) mass is 505 g/mol. The molecular formula is C23H24BrNO5S. The minimum atomic E-state index is -4.01. The second kappa shape index (κ2) is 10.1. The van der Waals surface area contributed by atoms with E-state index in [9.17, 15) is 8.42 Å². The van der Waals surface area contributed by atoms with E-state index in [0.29, 0.717) is 23.4 Å². The summed E-state index contributed by atoms with van der Waals surface area (Å²) in [5, 5.41) is 3.32. The lowest BCUT2D eigenvalue weighted by atomic mass is 10.2. The zero-order chi connectivity index (χ0) is 22.4. The van der Waals surface area contributed by atoms with Gasteiger partial charge in [0.2, 0.25) is 0 Å². The molecule has 31 heavy (non-hydrogen) atoms. The summed E-state index contributed by atoms with van der Waals surface area (Å²) in [6, 6.07) is 17.6. The van der Waals surface area contributed by atoms with Crippen LogP contribution < -0.4 is 19.0 Å². The molecule has 6 nitrogen and oxygen atoms in total. The number of halogens is 1. The highest BCUT2D eigenvalue weighted by molar-refractivity contribution is 9.10. The summed E-state index contributed by atoms with van der Waals surface area (Å²) in [6.45, 7) is 4.59. The maximum absolute atomic E-state index is 12.7. The summed E-state index contributed by atoms with van der Waals surface area (Å²) < 4.78 is 42.3. The SMILES string of the molecule is CCOc1cc(CNc2ccc(OC)cc2)cc(Br)c1OS(=O)(=O)c1ccc(C)cc1. The Morgan fingerprint density at radius 1 is 1.00 bits per heavy atom. The van der Waals surface area contributed by atoms with Crippen molar-refractivity contribution >= 4 is 31.7 Å². The quantitative estimate of drug-likeness (QED) is 0.384. The number of anilines is 1. The van der Waals surface area contributed by atoms with E-state index >= 15 is 0 Å². The fourth-order valence-electron chi connectivity index (χ4n) is 2.84. The van der Waals surface area contributed by atoms with E-state index in [-0.39, 0.29) is 10.6 Å². The van der Waals surface area contributed by atoms with Crippen LogP contribution in [0.15, 0.2) is 70.0 Å². The van der Waals surface area contributed by atoms with Gasteiger partial charge in [0.15, 0.2) is 11.5 Å². The molecule has 0 aromatic heterocycles. The van der Waals surface area contributed by atoms with Crippen molar-refractivity contribution in [3.05, 3.63) is 76.3 Å². The molecule has 3 aromatic rings. The Morgan fingerprint density at radius 3 is 2.29 bits per heavy atom. The maximum Gasteiger partial charge on any atom is 0.339 e. The molecule has 0 amide bonds. The first-order chi connectivity index (χ1) is 14.8. The summed E-state index contributed by atoms with van der Waals surface area (Å²) in [5.74, 6) is 1.25. The Balaban J connectivity index is 1.83. The number of benzene rings is 3. The normalized spacial score (nSPS) is 11.1. The average Bonchev–Trinajstić information content (AvgIpc) is 2.75. The second-order valence-electron chi connectivity index (χ2n) is 6.77. The predicted octanol–water partition coefficient (Wildman–Crippen LogP) is 5.54. The van der Waals surface area contributed by atoms with Gasteiger partial charge in [0.1, 0.15) is 10.6 Å². The Hall–Kier alpha value is -2.71. The first-order valence-electron chi connectivity index (χ1n) is 9.66. The lowest BCUT2D eigenvalue weighted by Gasteiger charge is -2.16. The molecule has 3 aromatic carbocycles. The molecule has 164 valence electrons. The molecule has 0 unspecified atom stereocenters. The van der Waals surface area contributed by atoms with Crippen LogP contribution in [0.25, 0.3) is 0 Å². The molecule has 0 bridgehead atoms. The van der Waals surface area contributed by atoms with E-state index < -0.39 is 10.1 Å². The summed E-state index contributed by atoms with van der Waals surface area (Å²) in [5.41, 5.74) is 2.78. The topological polar surface area (TPSA) is 73.9 Å². The number of methoxy groups -OCH3 is 1. The van der Waals surface area contributed by atoms with Crippen molar-refractivity contribution in [2.45, 2.75) is 25.3 Å². The summed E-state index contributed by atoms with van der Waals surface area (Å²) in [6.07, 6.45) is 0. The first kappa shape index (κ1) is 23.0. The summed E-state index contributed by atoms with van der Waals surface area (Å²) in [7, 11) is -2.38. The van der Waals surface area contributed by atoms with Crippen LogP contribution in [0.2, 0.25) is 0 Å². The average molecular weight is 506 g/mol. The molecule has 0 radical (unpaired) electrons. The highest BCUT2D eigenvalue weighted by Gasteiger charge is 2.22. The number of ether oxygens (including phenoxy) is 2. The van der Waals surface area contributed by atoms with Gasteiger partial charge in [0.25, 0.3) is 0 Å². The van der Waals surface area contributed by atoms with Crippen LogP contribution in [0.4, 0.5) is 5.69 Å². The molecule has 3 rings (SSSR count). The van der Waals surface area contributed by atoms with Crippen LogP contribution in [-0.2, 0) is 16.7 Å². The third kappa shape index (κ3) is 5.92. The summed E-state index contributed by atoms with van der Waals surface area (Å²) >= 11 is 3.44. The van der Waals surface area contributed by atoms with E-state index in [0.717, 1.165) is 22.6 Å². The van der Waals surface area contributed by atoms with Gasteiger partial charge in [-0.2, -0.15) is 8.42 Å². The molecule has 0 aliphatic heterocycles. The minimum Gasteiger partial charge on any atom is -0.497 e. The standard InChI is InChI=1S/C23H24BrNO5S/c1-4-29-22-14-17(15-25-18-7-9-19(28-3)10-8-18)13-21(24)23(22)30-31(26,27)20-11-5-16(2)6-12-20/h5-14,25H,4,15H2,1-3H3. The van der Waals surface area contributed by atoms with E-state index in [2.05, 4.69) is 21.2 Å². The number of aryl methyl sites for hydroxylation is 1. The smallest absolute Gasteiger partial charge is 0.339 e. The van der Waals surface area contributed by atoms with Crippen molar-refractivity contribution in [2.24, 2.45) is 0 Å². The molecule has 0 saturated heterocycles. The van der Waals surface area contributed by atoms with Crippen LogP contribution >= 0.6 is 15.9 Å². The van der Waals surface area contributed by atoms with Gasteiger partial charge in [-0.25, -0.2) is 0 Å². The number of nitrogens with one attached hydrogen (secondary N) is 1. The third-order valence-corrected chi connectivity index (χ3v) is 6.28. The Morgan fingerprint density at radius 2 is 1.68 bits per heavy atom. The fourth-order valence-corrected chi connectivity index (χ4v) is 4.48. The van der Waals surface area contributed by atoms with Gasteiger partial charge in [-0.15, -0.1) is 0 Å². The van der Waals surface area contributed by atoms with Crippen molar-refractivity contribution in [3.63, 3.8) is 0 Å². The van der Waals surface area contributed by atoms with Gasteiger partial charge >= 0.3 is 10.1 Å². The Labute approximate surface area is 191 Å². The molecule has 0 heterocycles. The zero-order valence-corrected chi connectivity index (χ0v) is 19.9. The fraction of sp³-hybridized carbons (Fsp3) is 0.217. The molecule has 0 fully saturated rings. The molecule has 0 aliphatic rings. The van der Waals surface area contributed by atoms with Gasteiger partial charge in [-0.3, -0.25) is 0 Å². The van der Waals surface area contributed by atoms with E-state index in [1.807, 2.05) is 38.1 Å². The van der Waals surface area contributed by atoms with Gasteiger partial charge in [0, 0.05) is 12.2 Å². The molecule has 8 heteroatoms. The Bertz CT molecular complexity index is 1130. The largest absolute Gasteiger partial charge is 0.497 e. The van der Waals surface area contributed by atoms with E-state index in [1.54, 1.807) is 31.4 Å². The van der Waals surface area contributed by atoms with Crippen molar-refractivity contribution in [1.29, 1.82) is 0 Å². The molecule has 0 atom stereocenters. The first-order valence-corrected chi connectivity index (χ1v) is 11.9. The van der Waals surface area contributed by atoms with Gasteiger partial charge in [0.05, 0.1) is 18.2 Å². The van der Waals surface area contributed by atoms with Crippen LogP contribution in [0.1, 0.15) is 18.1 Å². The van der Waals surface area contributed by atoms with Crippen molar-refractivity contribution in [2.75, 3.05) is 19.0 Å². The summed E-state index contributed by atoms with van der Waals surface area (Å²) in [4.78, 5) is 0.0812. The van der Waals surface area contributed by atoms with Crippen LogP contribution in [0, 0.1) is 6.92 Å². The van der Waals surface area contributed by atoms with E-state index in [1.165, 1.54) is 12.1 Å². The number of hydrogen-bond donors (Lipinski definition) is 1. The van der Waals surface area contributed by atoms with Crippen LogP contribution in [-0.4, -0.2) is 22.1 Å². The highest BCUT2D eigenvalue weighted by Crippen LogP contribution is 2.39. The third-order valence-electron chi connectivity index (χ3n) is 4.46. The van der Waals surface area contributed by atoms with Crippen molar-refractivity contribution in [3.8, 4) is 17.2 Å². The lowest BCUT2D eigenvalue weighted by Crippen LogP contribution is -2.12. The van der Waals surface area contributed by atoms with Gasteiger partial charge in [-0.1, -0.05) is 17.7 Å². The number of hydrogen-bond acceptors (Lipinski definition) is 6. The second-order valence-corrected chi connectivity index (χ2v) is 9.17. The minimum absolute atomic E-state index is 0.0812. The highest BCUT2D eigenvalue weighted by atomic mass is 79.9. The Kier molecular flexibility index (Phi) is 7.46. The van der Waals surface area contributed by atoms with Gasteiger partial charge in [-0.05, 0) is 83.9 Å². The van der Waals surface area contributed by atoms with Crippen LogP contribution in [0.5, 0.6) is 17.2 Å².